The largest absolute Gasteiger partial charge is 0.335 e. The Bertz CT molecular complexity index is 583. The van der Waals surface area contributed by atoms with E-state index in [0.29, 0.717) is 6.54 Å². The van der Waals surface area contributed by atoms with E-state index in [9.17, 15) is 9.59 Å². The molecule has 25 heavy (non-hydrogen) atoms. The van der Waals surface area contributed by atoms with Crippen molar-refractivity contribution in [3.05, 3.63) is 35.4 Å². The van der Waals surface area contributed by atoms with Crippen LogP contribution in [0.2, 0.25) is 0 Å². The molecule has 0 bridgehead atoms. The molecule has 6 nitrogen and oxygen atoms in total. The first-order valence-corrected chi connectivity index (χ1v) is 9.29. The third kappa shape index (κ3) is 6.84. The molecule has 0 spiro atoms. The molecule has 1 aromatic carbocycles. The maximum Gasteiger partial charge on any atom is 0.321 e. The van der Waals surface area contributed by atoms with Crippen LogP contribution in [0.1, 0.15) is 31.4 Å². The molecular weight excluding hydrogens is 316 g/mol. The number of hydrogen-bond donors (Lipinski definition) is 4. The molecule has 0 aliphatic carbocycles. The molecule has 1 aliphatic heterocycles. The van der Waals surface area contributed by atoms with Gasteiger partial charge in [-0.15, -0.1) is 0 Å². The van der Waals surface area contributed by atoms with Gasteiger partial charge in [0.15, 0.2) is 6.54 Å². The van der Waals surface area contributed by atoms with Gasteiger partial charge in [-0.05, 0) is 20.3 Å². The predicted molar refractivity (Wildman–Crippen MR) is 97.6 cm³/mol. The average Bonchev–Trinajstić information content (AvgIpc) is 2.56. The molecule has 1 aromatic rings. The summed E-state index contributed by atoms with van der Waals surface area (Å²) in [5.41, 5.74) is 2.67. The van der Waals surface area contributed by atoms with Crippen molar-refractivity contribution in [2.45, 2.75) is 39.8 Å². The monoisotopic (exact) mass is 348 g/mol. The number of urea groups is 1. The minimum atomic E-state index is -0.387. The van der Waals surface area contributed by atoms with E-state index < -0.39 is 0 Å². The molecule has 0 aromatic heterocycles. The minimum Gasteiger partial charge on any atom is -0.335 e. The van der Waals surface area contributed by atoms with Gasteiger partial charge in [-0.1, -0.05) is 36.8 Å². The van der Waals surface area contributed by atoms with Crippen molar-refractivity contribution >= 4 is 11.9 Å². The average molecular weight is 348 g/mol. The van der Waals surface area contributed by atoms with Crippen molar-refractivity contribution < 1.29 is 19.4 Å². The first-order valence-electron chi connectivity index (χ1n) is 9.29. The zero-order valence-corrected chi connectivity index (χ0v) is 15.7. The number of carbonyl (C=O) groups is 2. The van der Waals surface area contributed by atoms with E-state index in [0.717, 1.165) is 39.1 Å². The fraction of sp³-hybridized carbons (Fsp3) is 0.579. The van der Waals surface area contributed by atoms with Gasteiger partial charge in [0.1, 0.15) is 32.7 Å². The summed E-state index contributed by atoms with van der Waals surface area (Å²) >= 11 is 0. The first kappa shape index (κ1) is 19.4. The lowest BCUT2D eigenvalue weighted by Crippen LogP contribution is -3.28. The van der Waals surface area contributed by atoms with Crippen molar-refractivity contribution in [3.8, 4) is 0 Å². The Kier molecular flexibility index (Phi) is 7.40. The number of benzene rings is 1. The fourth-order valence-electron chi connectivity index (χ4n) is 3.18. The summed E-state index contributed by atoms with van der Waals surface area (Å²) in [6.45, 7) is 11.5. The second kappa shape index (κ2) is 9.53. The Morgan fingerprint density at radius 3 is 2.48 bits per heavy atom. The SMILES string of the molecule is CC[C@@H](C)NC(=O)NC(=O)C[NH+]1CC[NH+](Cc2cccc(C)c2)CC1. The van der Waals surface area contributed by atoms with E-state index in [-0.39, 0.29) is 18.0 Å². The molecule has 4 N–H and O–H groups in total. The minimum absolute atomic E-state index is 0.0777. The van der Waals surface area contributed by atoms with Crippen molar-refractivity contribution in [1.29, 1.82) is 0 Å². The number of imide groups is 1. The second-order valence-corrected chi connectivity index (χ2v) is 7.17. The van der Waals surface area contributed by atoms with E-state index in [1.54, 1.807) is 4.90 Å². The van der Waals surface area contributed by atoms with E-state index >= 15 is 0 Å². The van der Waals surface area contributed by atoms with Gasteiger partial charge >= 0.3 is 6.03 Å². The molecule has 0 saturated carbocycles. The second-order valence-electron chi connectivity index (χ2n) is 7.17. The van der Waals surface area contributed by atoms with Crippen LogP contribution in [0, 0.1) is 6.92 Å². The molecular formula is C19H32N4O2+2. The number of carbonyl (C=O) groups excluding carboxylic acids is 2. The number of hydrogen-bond acceptors (Lipinski definition) is 2. The van der Waals surface area contributed by atoms with Gasteiger partial charge in [0, 0.05) is 11.6 Å². The zero-order chi connectivity index (χ0) is 18.2. The van der Waals surface area contributed by atoms with E-state index in [2.05, 4.69) is 41.8 Å². The zero-order valence-electron chi connectivity index (χ0n) is 15.7. The standard InChI is InChI=1S/C19H30N4O2/c1-4-16(3)20-19(25)21-18(24)14-23-10-8-22(9-11-23)13-17-7-5-6-15(2)12-17/h5-7,12,16H,4,8-11,13-14H2,1-3H3,(H2,20,21,24,25)/p+2/t16-/m1/s1. The van der Waals surface area contributed by atoms with Crippen LogP contribution in [-0.4, -0.2) is 50.7 Å². The quantitative estimate of drug-likeness (QED) is 0.527. The molecule has 2 rings (SSSR count). The van der Waals surface area contributed by atoms with Crippen LogP contribution in [0.15, 0.2) is 24.3 Å². The summed E-state index contributed by atoms with van der Waals surface area (Å²) in [5, 5.41) is 5.19. The maximum atomic E-state index is 12.0. The van der Waals surface area contributed by atoms with Crippen LogP contribution in [0.4, 0.5) is 4.79 Å². The van der Waals surface area contributed by atoms with Crippen LogP contribution in [0.5, 0.6) is 0 Å². The molecule has 6 heteroatoms. The summed E-state index contributed by atoms with van der Waals surface area (Å²) in [7, 11) is 0. The van der Waals surface area contributed by atoms with Crippen molar-refractivity contribution in [3.63, 3.8) is 0 Å². The molecule has 1 saturated heterocycles. The van der Waals surface area contributed by atoms with E-state index in [1.807, 2.05) is 13.8 Å². The summed E-state index contributed by atoms with van der Waals surface area (Å²) in [6.07, 6.45) is 0.846. The molecule has 3 amide bonds. The number of quaternary nitrogens is 2. The highest BCUT2D eigenvalue weighted by molar-refractivity contribution is 5.94. The lowest BCUT2D eigenvalue weighted by molar-refractivity contribution is -1.02. The van der Waals surface area contributed by atoms with E-state index in [4.69, 9.17) is 0 Å². The molecule has 1 fully saturated rings. The smallest absolute Gasteiger partial charge is 0.321 e. The predicted octanol–water partition coefficient (Wildman–Crippen LogP) is -1.10. The number of amides is 3. The molecule has 138 valence electrons. The summed E-state index contributed by atoms with van der Waals surface area (Å²) in [5.74, 6) is -0.196. The van der Waals surface area contributed by atoms with Gasteiger partial charge in [0.2, 0.25) is 0 Å². The van der Waals surface area contributed by atoms with Crippen molar-refractivity contribution in [2.24, 2.45) is 0 Å². The third-order valence-electron chi connectivity index (χ3n) is 4.85. The fourth-order valence-corrected chi connectivity index (χ4v) is 3.18. The number of nitrogens with one attached hydrogen (secondary N) is 4. The van der Waals surface area contributed by atoms with Gasteiger partial charge in [0.25, 0.3) is 5.91 Å². The molecule has 0 radical (unpaired) electrons. The number of rotatable bonds is 6. The highest BCUT2D eigenvalue weighted by atomic mass is 16.2. The molecule has 1 atom stereocenters. The Morgan fingerprint density at radius 1 is 1.16 bits per heavy atom. The Hall–Kier alpha value is -1.92. The third-order valence-corrected chi connectivity index (χ3v) is 4.85. The molecule has 1 heterocycles. The van der Waals surface area contributed by atoms with Gasteiger partial charge < -0.3 is 15.1 Å². The number of aryl methyl sites for hydroxylation is 1. The van der Waals surface area contributed by atoms with Gasteiger partial charge in [-0.2, -0.15) is 0 Å². The topological polar surface area (TPSA) is 67.1 Å². The van der Waals surface area contributed by atoms with Gasteiger partial charge in [-0.25, -0.2) is 4.79 Å². The highest BCUT2D eigenvalue weighted by Crippen LogP contribution is 2.01. The maximum absolute atomic E-state index is 12.0. The molecule has 1 aliphatic rings. The normalized spacial score (nSPS) is 21.4. The summed E-state index contributed by atoms with van der Waals surface area (Å²) in [4.78, 5) is 26.5. The summed E-state index contributed by atoms with van der Waals surface area (Å²) < 4.78 is 0. The van der Waals surface area contributed by atoms with Crippen LogP contribution in [-0.2, 0) is 11.3 Å². The first-order chi connectivity index (χ1) is 12.0. The van der Waals surface area contributed by atoms with Crippen LogP contribution >= 0.6 is 0 Å². The Balaban J connectivity index is 1.69. The van der Waals surface area contributed by atoms with Gasteiger partial charge in [0.05, 0.1) is 0 Å². The van der Waals surface area contributed by atoms with Crippen LogP contribution in [0.3, 0.4) is 0 Å². The van der Waals surface area contributed by atoms with E-state index in [1.165, 1.54) is 16.0 Å². The Morgan fingerprint density at radius 2 is 1.84 bits per heavy atom. The lowest BCUT2D eigenvalue weighted by Gasteiger charge is -2.29. The van der Waals surface area contributed by atoms with Crippen molar-refractivity contribution in [2.75, 3.05) is 32.7 Å². The summed E-state index contributed by atoms with van der Waals surface area (Å²) in [6, 6.07) is 8.35. The lowest BCUT2D eigenvalue weighted by atomic mass is 10.1. The van der Waals surface area contributed by atoms with Crippen molar-refractivity contribution in [1.82, 2.24) is 10.6 Å². The number of piperazine rings is 1. The molecule has 0 unspecified atom stereocenters. The van der Waals surface area contributed by atoms with Crippen LogP contribution < -0.4 is 20.4 Å². The van der Waals surface area contributed by atoms with Gasteiger partial charge in [-0.3, -0.25) is 10.1 Å². The Labute approximate surface area is 150 Å². The van der Waals surface area contributed by atoms with Crippen LogP contribution in [0.25, 0.3) is 0 Å². The highest BCUT2D eigenvalue weighted by Gasteiger charge is 2.25.